The van der Waals surface area contributed by atoms with Gasteiger partial charge >= 0.3 is 0 Å². The molecule has 0 unspecified atom stereocenters. The third-order valence-corrected chi connectivity index (χ3v) is 8.02. The fraction of sp³-hybridized carbons (Fsp3) is 0.476. The second-order valence-electron chi connectivity index (χ2n) is 8.75. The summed E-state index contributed by atoms with van der Waals surface area (Å²) in [5.74, 6) is 1.84. The van der Waals surface area contributed by atoms with Gasteiger partial charge < -0.3 is 5.11 Å². The van der Waals surface area contributed by atoms with E-state index in [-0.39, 0.29) is 23.0 Å². The minimum atomic E-state index is -0.321. The standard InChI is InChI=1S/C21H22N2O3S2/c24-16-3-1-12(2-4-16)8-17-18(25)23(20(27)28-17)22-19(26)21-9-13-5-14(10-21)7-15(6-13)11-21/h1-4,8,13-15,24H,5-7,9-11H2,(H,22,26)/b17-8+. The molecule has 4 saturated carbocycles. The van der Waals surface area contributed by atoms with E-state index in [4.69, 9.17) is 12.2 Å². The van der Waals surface area contributed by atoms with Gasteiger partial charge in [0, 0.05) is 0 Å². The van der Waals surface area contributed by atoms with Gasteiger partial charge in [-0.3, -0.25) is 15.0 Å². The van der Waals surface area contributed by atoms with Crippen molar-refractivity contribution < 1.29 is 14.7 Å². The summed E-state index contributed by atoms with van der Waals surface area (Å²) in [6, 6.07) is 6.61. The molecule has 1 aliphatic heterocycles. The molecule has 0 atom stereocenters. The van der Waals surface area contributed by atoms with Gasteiger partial charge in [-0.05, 0) is 92.3 Å². The van der Waals surface area contributed by atoms with Crippen molar-refractivity contribution in [1.29, 1.82) is 0 Å². The number of benzene rings is 1. The summed E-state index contributed by atoms with van der Waals surface area (Å²) >= 11 is 6.56. The molecule has 7 heteroatoms. The molecule has 1 saturated heterocycles. The number of thioether (sulfide) groups is 1. The van der Waals surface area contributed by atoms with E-state index in [1.54, 1.807) is 30.3 Å². The number of amides is 2. The Bertz CT molecular complexity index is 858. The van der Waals surface area contributed by atoms with Crippen LogP contribution in [0.15, 0.2) is 29.2 Å². The van der Waals surface area contributed by atoms with E-state index in [1.807, 2.05) is 0 Å². The number of phenols is 1. The lowest BCUT2D eigenvalue weighted by atomic mass is 9.49. The zero-order valence-electron chi connectivity index (χ0n) is 15.4. The number of hydrazine groups is 1. The maximum Gasteiger partial charge on any atom is 0.285 e. The first kappa shape index (κ1) is 18.2. The fourth-order valence-electron chi connectivity index (χ4n) is 5.89. The van der Waals surface area contributed by atoms with E-state index in [0.717, 1.165) is 24.8 Å². The Morgan fingerprint density at radius 3 is 2.29 bits per heavy atom. The number of carbonyl (C=O) groups is 2. The minimum absolute atomic E-state index is 0.0335. The zero-order valence-corrected chi connectivity index (χ0v) is 17.0. The Balaban J connectivity index is 1.33. The van der Waals surface area contributed by atoms with Crippen molar-refractivity contribution in [1.82, 2.24) is 10.4 Å². The Kier molecular flexibility index (Phi) is 4.28. The van der Waals surface area contributed by atoms with E-state index < -0.39 is 0 Å². The molecule has 2 N–H and O–H groups in total. The molecule has 1 aromatic carbocycles. The monoisotopic (exact) mass is 414 g/mol. The number of nitrogens with one attached hydrogen (secondary N) is 1. The first-order valence-electron chi connectivity index (χ1n) is 9.80. The summed E-state index contributed by atoms with van der Waals surface area (Å²) in [7, 11) is 0. The van der Waals surface area contributed by atoms with E-state index in [9.17, 15) is 14.7 Å². The molecule has 4 bridgehead atoms. The number of hydrogen-bond acceptors (Lipinski definition) is 5. The normalized spacial score (nSPS) is 35.1. The van der Waals surface area contributed by atoms with Crippen LogP contribution in [0.25, 0.3) is 6.08 Å². The Morgan fingerprint density at radius 1 is 1.14 bits per heavy atom. The predicted octanol–water partition coefficient (Wildman–Crippen LogP) is 3.84. The molecule has 6 rings (SSSR count). The van der Waals surface area contributed by atoms with Gasteiger partial charge in [0.05, 0.1) is 10.3 Å². The van der Waals surface area contributed by atoms with Crippen LogP contribution < -0.4 is 5.43 Å². The molecule has 5 aliphatic rings. The number of thiocarbonyl (C=S) groups is 1. The molecule has 0 spiro atoms. The molecule has 2 amide bonds. The smallest absolute Gasteiger partial charge is 0.285 e. The number of carbonyl (C=O) groups excluding carboxylic acids is 2. The second kappa shape index (κ2) is 6.59. The topological polar surface area (TPSA) is 69.6 Å². The molecule has 146 valence electrons. The van der Waals surface area contributed by atoms with Crippen molar-refractivity contribution in [2.75, 3.05) is 0 Å². The molecule has 5 fully saturated rings. The van der Waals surface area contributed by atoms with Crippen molar-refractivity contribution >= 4 is 46.2 Å². The summed E-state index contributed by atoms with van der Waals surface area (Å²) in [6.07, 6.45) is 8.37. The van der Waals surface area contributed by atoms with Crippen molar-refractivity contribution in [3.05, 3.63) is 34.7 Å². The van der Waals surface area contributed by atoms with Crippen molar-refractivity contribution in [2.45, 2.75) is 38.5 Å². The molecule has 28 heavy (non-hydrogen) atoms. The molecule has 1 aromatic rings. The predicted molar refractivity (Wildman–Crippen MR) is 112 cm³/mol. The Labute approximate surface area is 173 Å². The molecule has 0 aromatic heterocycles. The van der Waals surface area contributed by atoms with E-state index in [1.165, 1.54) is 36.0 Å². The van der Waals surface area contributed by atoms with Crippen molar-refractivity contribution in [3.8, 4) is 5.75 Å². The van der Waals surface area contributed by atoms with Gasteiger partial charge in [-0.2, -0.15) is 5.01 Å². The van der Waals surface area contributed by atoms with Crippen LogP contribution in [0.5, 0.6) is 5.75 Å². The molecule has 1 heterocycles. The van der Waals surface area contributed by atoms with Gasteiger partial charge in [-0.15, -0.1) is 0 Å². The second-order valence-corrected chi connectivity index (χ2v) is 10.4. The number of hydrogen-bond donors (Lipinski definition) is 2. The lowest BCUT2D eigenvalue weighted by Crippen LogP contribution is -2.57. The molecular weight excluding hydrogens is 392 g/mol. The number of aromatic hydroxyl groups is 1. The molecular formula is C21H22N2O3S2. The van der Waals surface area contributed by atoms with Crippen molar-refractivity contribution in [3.63, 3.8) is 0 Å². The van der Waals surface area contributed by atoms with Gasteiger partial charge in [0.2, 0.25) is 5.91 Å². The highest BCUT2D eigenvalue weighted by Crippen LogP contribution is 2.60. The highest BCUT2D eigenvalue weighted by molar-refractivity contribution is 8.26. The van der Waals surface area contributed by atoms with Gasteiger partial charge in [0.1, 0.15) is 5.75 Å². The van der Waals surface area contributed by atoms with Crippen LogP contribution in [0.1, 0.15) is 44.1 Å². The van der Waals surface area contributed by atoms with Crippen molar-refractivity contribution in [2.24, 2.45) is 23.2 Å². The Morgan fingerprint density at radius 2 is 1.71 bits per heavy atom. The van der Waals surface area contributed by atoms with Gasteiger partial charge in [-0.1, -0.05) is 23.9 Å². The third-order valence-electron chi connectivity index (χ3n) is 6.72. The van der Waals surface area contributed by atoms with E-state index >= 15 is 0 Å². The lowest BCUT2D eigenvalue weighted by Gasteiger charge is -2.55. The van der Waals surface area contributed by atoms with Gasteiger partial charge in [0.25, 0.3) is 5.91 Å². The van der Waals surface area contributed by atoms with Crippen LogP contribution in [0.4, 0.5) is 0 Å². The van der Waals surface area contributed by atoms with Crippen LogP contribution in [0, 0.1) is 23.2 Å². The van der Waals surface area contributed by atoms with Crippen LogP contribution in [-0.4, -0.2) is 26.3 Å². The van der Waals surface area contributed by atoms with Gasteiger partial charge in [-0.25, -0.2) is 0 Å². The Hall–Kier alpha value is -1.86. The van der Waals surface area contributed by atoms with Crippen LogP contribution in [0.2, 0.25) is 0 Å². The van der Waals surface area contributed by atoms with E-state index in [2.05, 4.69) is 5.43 Å². The fourth-order valence-corrected chi connectivity index (χ4v) is 7.07. The summed E-state index contributed by atoms with van der Waals surface area (Å²) < 4.78 is 0.355. The SMILES string of the molecule is O=C1/C(=C\c2ccc(O)cc2)SC(=S)N1NC(=O)C12CC3CC(CC(C3)C1)C2. The highest BCUT2D eigenvalue weighted by atomic mass is 32.2. The minimum Gasteiger partial charge on any atom is -0.508 e. The maximum absolute atomic E-state index is 13.2. The van der Waals surface area contributed by atoms with E-state index in [0.29, 0.717) is 27.0 Å². The zero-order chi connectivity index (χ0) is 19.5. The lowest BCUT2D eigenvalue weighted by molar-refractivity contribution is -0.152. The first-order chi connectivity index (χ1) is 13.4. The average Bonchev–Trinajstić information content (AvgIpc) is 2.90. The molecule has 5 nitrogen and oxygen atoms in total. The number of rotatable bonds is 3. The summed E-state index contributed by atoms with van der Waals surface area (Å²) in [4.78, 5) is 26.5. The van der Waals surface area contributed by atoms with Gasteiger partial charge in [0.15, 0.2) is 4.32 Å². The summed E-state index contributed by atoms with van der Waals surface area (Å²) in [6.45, 7) is 0. The van der Waals surface area contributed by atoms with Crippen LogP contribution >= 0.6 is 24.0 Å². The highest BCUT2D eigenvalue weighted by Gasteiger charge is 2.55. The molecule has 4 aliphatic carbocycles. The summed E-state index contributed by atoms with van der Waals surface area (Å²) in [5, 5.41) is 10.6. The number of phenolic OH excluding ortho intramolecular Hbond substituents is 1. The average molecular weight is 415 g/mol. The third kappa shape index (κ3) is 3.05. The first-order valence-corrected chi connectivity index (χ1v) is 11.0. The quantitative estimate of drug-likeness (QED) is 0.581. The molecule has 0 radical (unpaired) electrons. The largest absolute Gasteiger partial charge is 0.508 e. The summed E-state index contributed by atoms with van der Waals surface area (Å²) in [5.41, 5.74) is 3.34. The van der Waals surface area contributed by atoms with Crippen LogP contribution in [0.3, 0.4) is 0 Å². The maximum atomic E-state index is 13.2. The number of nitrogens with zero attached hydrogens (tertiary/aromatic N) is 1. The van der Waals surface area contributed by atoms with Crippen LogP contribution in [-0.2, 0) is 9.59 Å².